The Morgan fingerprint density at radius 2 is 1.67 bits per heavy atom. The van der Waals surface area contributed by atoms with Crippen molar-refractivity contribution in [3.63, 3.8) is 0 Å². The number of piperazine rings is 1. The van der Waals surface area contributed by atoms with Crippen LogP contribution in [0.15, 0.2) is 53.4 Å². The number of benzene rings is 2. The molecule has 8 heteroatoms. The van der Waals surface area contributed by atoms with Gasteiger partial charge < -0.3 is 15.1 Å². The Kier molecular flexibility index (Phi) is 7.47. The highest BCUT2D eigenvalue weighted by Crippen LogP contribution is 2.19. The highest BCUT2D eigenvalue weighted by Gasteiger charge is 2.16. The second-order valence-electron chi connectivity index (χ2n) is 7.70. The summed E-state index contributed by atoms with van der Waals surface area (Å²) in [6.07, 6.45) is 0.891. The van der Waals surface area contributed by atoms with Crippen LogP contribution in [0.1, 0.15) is 22.3 Å². The third-order valence-electron chi connectivity index (χ3n) is 5.35. The summed E-state index contributed by atoms with van der Waals surface area (Å²) in [6.45, 7) is 7.71. The molecule has 3 rings (SSSR count). The maximum absolute atomic E-state index is 12.6. The molecular formula is C22H30N4O3S. The Morgan fingerprint density at radius 1 is 1.00 bits per heavy atom. The summed E-state index contributed by atoms with van der Waals surface area (Å²) in [5.74, 6) is -0.191. The average Bonchev–Trinajstić information content (AvgIpc) is 2.74. The van der Waals surface area contributed by atoms with Crippen molar-refractivity contribution in [2.45, 2.75) is 18.2 Å². The van der Waals surface area contributed by atoms with E-state index in [4.69, 9.17) is 0 Å². The SMILES string of the molecule is Cc1ccccc1NS(=O)(=O)c1ccc(C(=O)NCCCN2CCN(C)CC2)cc1. The fraction of sp³-hybridized carbons (Fsp3) is 0.409. The molecule has 1 amide bonds. The minimum atomic E-state index is -3.71. The summed E-state index contributed by atoms with van der Waals surface area (Å²) < 4.78 is 27.8. The van der Waals surface area contributed by atoms with Crippen molar-refractivity contribution in [1.82, 2.24) is 15.1 Å². The Balaban J connectivity index is 1.49. The summed E-state index contributed by atoms with van der Waals surface area (Å²) in [7, 11) is -1.57. The minimum absolute atomic E-state index is 0.123. The summed E-state index contributed by atoms with van der Waals surface area (Å²) in [5, 5.41) is 2.91. The molecule has 1 aliphatic heterocycles. The van der Waals surface area contributed by atoms with Gasteiger partial charge in [-0.3, -0.25) is 9.52 Å². The first-order chi connectivity index (χ1) is 14.3. The van der Waals surface area contributed by atoms with Gasteiger partial charge in [-0.05, 0) is 62.8 Å². The van der Waals surface area contributed by atoms with Crippen molar-refractivity contribution in [3.8, 4) is 0 Å². The number of nitrogens with zero attached hydrogens (tertiary/aromatic N) is 2. The van der Waals surface area contributed by atoms with Crippen molar-refractivity contribution >= 4 is 21.6 Å². The van der Waals surface area contributed by atoms with Crippen LogP contribution in [-0.4, -0.2) is 70.4 Å². The Morgan fingerprint density at radius 3 is 2.33 bits per heavy atom. The first-order valence-electron chi connectivity index (χ1n) is 10.2. The van der Waals surface area contributed by atoms with Gasteiger partial charge in [-0.1, -0.05) is 18.2 Å². The zero-order valence-corrected chi connectivity index (χ0v) is 18.4. The number of nitrogens with one attached hydrogen (secondary N) is 2. The van der Waals surface area contributed by atoms with E-state index in [2.05, 4.69) is 26.9 Å². The smallest absolute Gasteiger partial charge is 0.261 e. The van der Waals surface area contributed by atoms with Gasteiger partial charge in [-0.2, -0.15) is 0 Å². The molecule has 2 aromatic rings. The molecule has 30 heavy (non-hydrogen) atoms. The van der Waals surface area contributed by atoms with Crippen LogP contribution in [0.3, 0.4) is 0 Å². The van der Waals surface area contributed by atoms with E-state index in [0.717, 1.165) is 44.7 Å². The van der Waals surface area contributed by atoms with Gasteiger partial charge in [0.05, 0.1) is 10.6 Å². The van der Waals surface area contributed by atoms with E-state index < -0.39 is 10.0 Å². The van der Waals surface area contributed by atoms with Gasteiger partial charge >= 0.3 is 0 Å². The van der Waals surface area contributed by atoms with E-state index in [-0.39, 0.29) is 10.8 Å². The van der Waals surface area contributed by atoms with E-state index >= 15 is 0 Å². The molecule has 1 aliphatic rings. The second-order valence-corrected chi connectivity index (χ2v) is 9.38. The molecule has 0 unspecified atom stereocenters. The van der Waals surface area contributed by atoms with Crippen molar-refractivity contribution in [1.29, 1.82) is 0 Å². The summed E-state index contributed by atoms with van der Waals surface area (Å²) in [4.78, 5) is 17.2. The lowest BCUT2D eigenvalue weighted by atomic mass is 10.2. The maximum atomic E-state index is 12.6. The predicted molar refractivity (Wildman–Crippen MR) is 119 cm³/mol. The van der Waals surface area contributed by atoms with Crippen LogP contribution in [0.25, 0.3) is 0 Å². The van der Waals surface area contributed by atoms with Gasteiger partial charge in [-0.15, -0.1) is 0 Å². The normalized spacial score (nSPS) is 15.7. The highest BCUT2D eigenvalue weighted by molar-refractivity contribution is 7.92. The Hall–Kier alpha value is -2.42. The van der Waals surface area contributed by atoms with Crippen molar-refractivity contribution in [2.24, 2.45) is 0 Å². The van der Waals surface area contributed by atoms with Crippen LogP contribution in [0.4, 0.5) is 5.69 Å². The molecule has 1 saturated heterocycles. The number of hydrogen-bond acceptors (Lipinski definition) is 5. The first-order valence-corrected chi connectivity index (χ1v) is 11.7. The van der Waals surface area contributed by atoms with Crippen molar-refractivity contribution < 1.29 is 13.2 Å². The van der Waals surface area contributed by atoms with Crippen LogP contribution in [-0.2, 0) is 10.0 Å². The number of anilines is 1. The predicted octanol–water partition coefficient (Wildman–Crippen LogP) is 2.16. The number of sulfonamides is 1. The van der Waals surface area contributed by atoms with Gasteiger partial charge in [0.1, 0.15) is 0 Å². The molecule has 0 aromatic heterocycles. The number of rotatable bonds is 8. The first kappa shape index (κ1) is 22.3. The second kappa shape index (κ2) is 10.1. The van der Waals surface area contributed by atoms with Gasteiger partial charge in [-0.25, -0.2) is 8.42 Å². The molecular weight excluding hydrogens is 400 g/mol. The van der Waals surface area contributed by atoms with Crippen molar-refractivity contribution in [2.75, 3.05) is 51.0 Å². The molecule has 2 N–H and O–H groups in total. The summed E-state index contributed by atoms with van der Waals surface area (Å²) in [5.41, 5.74) is 1.83. The molecule has 0 bridgehead atoms. The third kappa shape index (κ3) is 6.04. The highest BCUT2D eigenvalue weighted by atomic mass is 32.2. The average molecular weight is 431 g/mol. The third-order valence-corrected chi connectivity index (χ3v) is 6.73. The number of aryl methyl sites for hydroxylation is 1. The fourth-order valence-electron chi connectivity index (χ4n) is 3.35. The molecule has 162 valence electrons. The lowest BCUT2D eigenvalue weighted by Gasteiger charge is -2.32. The topological polar surface area (TPSA) is 81.7 Å². The zero-order chi connectivity index (χ0) is 21.6. The molecule has 0 atom stereocenters. The fourth-order valence-corrected chi connectivity index (χ4v) is 4.49. The molecule has 1 heterocycles. The number of carbonyl (C=O) groups is 1. The number of para-hydroxylation sites is 1. The maximum Gasteiger partial charge on any atom is 0.261 e. The van der Waals surface area contributed by atoms with E-state index in [9.17, 15) is 13.2 Å². The van der Waals surface area contributed by atoms with E-state index in [1.807, 2.05) is 19.1 Å². The van der Waals surface area contributed by atoms with Crippen LogP contribution < -0.4 is 10.0 Å². The number of carbonyl (C=O) groups excluding carboxylic acids is 1. The monoisotopic (exact) mass is 430 g/mol. The molecule has 0 aliphatic carbocycles. The number of likely N-dealkylation sites (N-methyl/N-ethyl adjacent to an activating group) is 1. The number of amides is 1. The molecule has 1 fully saturated rings. The van der Waals surface area contributed by atoms with Gasteiger partial charge in [0.25, 0.3) is 15.9 Å². The van der Waals surface area contributed by atoms with Crippen LogP contribution in [0.5, 0.6) is 0 Å². The standard InChI is InChI=1S/C22H30N4O3S/c1-18-6-3-4-7-21(18)24-30(28,29)20-10-8-19(9-11-20)22(27)23-12-5-13-26-16-14-25(2)15-17-26/h3-4,6-11,24H,5,12-17H2,1-2H3,(H,23,27). The van der Waals surface area contributed by atoms with Gasteiger partial charge in [0.2, 0.25) is 0 Å². The lowest BCUT2D eigenvalue weighted by molar-refractivity contribution is 0.0949. The van der Waals surface area contributed by atoms with E-state index in [1.165, 1.54) is 12.1 Å². The molecule has 0 radical (unpaired) electrons. The van der Waals surface area contributed by atoms with Gasteiger partial charge in [0, 0.05) is 38.3 Å². The largest absolute Gasteiger partial charge is 0.352 e. The molecule has 0 saturated carbocycles. The molecule has 2 aromatic carbocycles. The molecule has 7 nitrogen and oxygen atoms in total. The van der Waals surface area contributed by atoms with E-state index in [0.29, 0.717) is 17.8 Å². The summed E-state index contributed by atoms with van der Waals surface area (Å²) in [6, 6.07) is 13.2. The van der Waals surface area contributed by atoms with Gasteiger partial charge in [0.15, 0.2) is 0 Å². The lowest BCUT2D eigenvalue weighted by Crippen LogP contribution is -2.45. The van der Waals surface area contributed by atoms with Crippen molar-refractivity contribution in [3.05, 3.63) is 59.7 Å². The summed E-state index contributed by atoms with van der Waals surface area (Å²) >= 11 is 0. The molecule has 0 spiro atoms. The quantitative estimate of drug-likeness (QED) is 0.628. The zero-order valence-electron chi connectivity index (χ0n) is 17.6. The Bertz CT molecular complexity index is 953. The van der Waals surface area contributed by atoms with Crippen LogP contribution in [0, 0.1) is 6.92 Å². The van der Waals surface area contributed by atoms with E-state index in [1.54, 1.807) is 24.3 Å². The minimum Gasteiger partial charge on any atom is -0.352 e. The van der Waals surface area contributed by atoms with Crippen LogP contribution >= 0.6 is 0 Å². The van der Waals surface area contributed by atoms with Crippen LogP contribution in [0.2, 0.25) is 0 Å². The Labute approximate surface area is 179 Å². The number of hydrogen-bond donors (Lipinski definition) is 2.